The van der Waals surface area contributed by atoms with Crippen LogP contribution in [-0.4, -0.2) is 64.7 Å². The molecule has 0 unspecified atom stereocenters. The first-order chi connectivity index (χ1) is 12.5. The van der Waals surface area contributed by atoms with Crippen LogP contribution in [0.15, 0.2) is 12.4 Å². The molecule has 0 radical (unpaired) electrons. The van der Waals surface area contributed by atoms with Crippen LogP contribution < -0.4 is 9.80 Å². The zero-order valence-electron chi connectivity index (χ0n) is 16.7. The molecule has 142 valence electrons. The van der Waals surface area contributed by atoms with Crippen LogP contribution in [0.4, 0.5) is 11.8 Å². The molecule has 2 aromatic rings. The first-order valence-electron chi connectivity index (χ1n) is 9.49. The molecule has 0 aromatic carbocycles. The van der Waals surface area contributed by atoms with E-state index in [1.165, 1.54) is 11.4 Å². The van der Waals surface area contributed by atoms with Crippen molar-refractivity contribution in [2.24, 2.45) is 0 Å². The van der Waals surface area contributed by atoms with Crippen molar-refractivity contribution in [3.63, 3.8) is 0 Å². The van der Waals surface area contributed by atoms with E-state index >= 15 is 0 Å². The van der Waals surface area contributed by atoms with Crippen LogP contribution in [-0.2, 0) is 13.1 Å². The topological polar surface area (TPSA) is 53.3 Å². The van der Waals surface area contributed by atoms with Gasteiger partial charge in [-0.3, -0.25) is 4.90 Å². The molecule has 0 spiro atoms. The van der Waals surface area contributed by atoms with E-state index in [1.807, 2.05) is 25.2 Å². The highest BCUT2D eigenvalue weighted by atomic mass is 15.3. The lowest BCUT2D eigenvalue weighted by atomic mass is 10.2. The molecule has 0 N–H and O–H groups in total. The van der Waals surface area contributed by atoms with E-state index in [0.29, 0.717) is 0 Å². The maximum atomic E-state index is 4.80. The molecule has 1 fully saturated rings. The van der Waals surface area contributed by atoms with E-state index in [0.717, 1.165) is 63.1 Å². The molecule has 0 atom stereocenters. The molecule has 3 rings (SSSR count). The lowest BCUT2D eigenvalue weighted by Gasteiger charge is -2.36. The Morgan fingerprint density at radius 2 is 1.81 bits per heavy atom. The number of hydrogen-bond donors (Lipinski definition) is 0. The summed E-state index contributed by atoms with van der Waals surface area (Å²) in [6, 6.07) is 0. The molecule has 0 aliphatic carbocycles. The largest absolute Gasteiger partial charge is 0.354 e. The van der Waals surface area contributed by atoms with Gasteiger partial charge in [-0.25, -0.2) is 9.97 Å². The Kier molecular flexibility index (Phi) is 5.76. The third-order valence-electron chi connectivity index (χ3n) is 5.05. The standard InChI is InChI=1S/C19H31N7/c1-6-8-25-9-7-20-17(25)14-24-10-12-26(13-11-24)18-15(2)16(3)21-19(22-18)23(4)5/h7,9H,6,8,10-14H2,1-5H3. The van der Waals surface area contributed by atoms with Crippen molar-refractivity contribution < 1.29 is 0 Å². The van der Waals surface area contributed by atoms with Crippen molar-refractivity contribution in [3.05, 3.63) is 29.5 Å². The van der Waals surface area contributed by atoms with Crippen LogP contribution in [0.1, 0.15) is 30.4 Å². The van der Waals surface area contributed by atoms with Gasteiger partial charge in [0.15, 0.2) is 0 Å². The number of aromatic nitrogens is 4. The summed E-state index contributed by atoms with van der Waals surface area (Å²) in [6.07, 6.45) is 5.14. The molecule has 1 saturated heterocycles. The van der Waals surface area contributed by atoms with Gasteiger partial charge in [0.2, 0.25) is 5.95 Å². The van der Waals surface area contributed by atoms with Crippen LogP contribution in [0, 0.1) is 13.8 Å². The number of aryl methyl sites for hydroxylation is 2. The first kappa shape index (κ1) is 18.6. The number of imidazole rings is 1. The van der Waals surface area contributed by atoms with Crippen molar-refractivity contribution in [2.45, 2.75) is 40.3 Å². The maximum Gasteiger partial charge on any atom is 0.227 e. The Morgan fingerprint density at radius 1 is 1.08 bits per heavy atom. The molecule has 1 aliphatic rings. The number of hydrogen-bond acceptors (Lipinski definition) is 6. The summed E-state index contributed by atoms with van der Waals surface area (Å²) < 4.78 is 2.27. The minimum Gasteiger partial charge on any atom is -0.354 e. The summed E-state index contributed by atoms with van der Waals surface area (Å²) in [4.78, 5) is 20.8. The highest BCUT2D eigenvalue weighted by Gasteiger charge is 2.22. The van der Waals surface area contributed by atoms with Gasteiger partial charge in [-0.15, -0.1) is 0 Å². The molecule has 0 amide bonds. The fraction of sp³-hybridized carbons (Fsp3) is 0.632. The summed E-state index contributed by atoms with van der Waals surface area (Å²) in [5.74, 6) is 3.03. The zero-order valence-corrected chi connectivity index (χ0v) is 16.7. The fourth-order valence-electron chi connectivity index (χ4n) is 3.36. The van der Waals surface area contributed by atoms with Gasteiger partial charge < -0.3 is 14.4 Å². The van der Waals surface area contributed by atoms with Crippen molar-refractivity contribution in [3.8, 4) is 0 Å². The van der Waals surface area contributed by atoms with Crippen molar-refractivity contribution in [1.82, 2.24) is 24.4 Å². The molecule has 3 heterocycles. The van der Waals surface area contributed by atoms with E-state index in [1.54, 1.807) is 0 Å². The third kappa shape index (κ3) is 3.98. The number of piperazine rings is 1. The average Bonchev–Trinajstić information content (AvgIpc) is 3.05. The van der Waals surface area contributed by atoms with Gasteiger partial charge in [-0.1, -0.05) is 6.92 Å². The number of nitrogens with zero attached hydrogens (tertiary/aromatic N) is 7. The van der Waals surface area contributed by atoms with Gasteiger partial charge in [0.25, 0.3) is 0 Å². The summed E-state index contributed by atoms with van der Waals surface area (Å²) in [7, 11) is 3.98. The molecule has 2 aromatic heterocycles. The molecule has 1 aliphatic heterocycles. The van der Waals surface area contributed by atoms with Crippen LogP contribution in [0.25, 0.3) is 0 Å². The zero-order chi connectivity index (χ0) is 18.7. The minimum atomic E-state index is 0.784. The van der Waals surface area contributed by atoms with E-state index in [2.05, 4.69) is 51.3 Å². The van der Waals surface area contributed by atoms with Crippen molar-refractivity contribution in [1.29, 1.82) is 0 Å². The first-order valence-corrected chi connectivity index (χ1v) is 9.49. The number of anilines is 2. The Morgan fingerprint density at radius 3 is 2.46 bits per heavy atom. The second kappa shape index (κ2) is 8.03. The average molecular weight is 358 g/mol. The smallest absolute Gasteiger partial charge is 0.227 e. The quantitative estimate of drug-likeness (QED) is 0.789. The van der Waals surface area contributed by atoms with Crippen LogP contribution in [0.5, 0.6) is 0 Å². The van der Waals surface area contributed by atoms with Crippen LogP contribution >= 0.6 is 0 Å². The van der Waals surface area contributed by atoms with Crippen molar-refractivity contribution in [2.75, 3.05) is 50.1 Å². The van der Waals surface area contributed by atoms with E-state index < -0.39 is 0 Å². The molecule has 7 nitrogen and oxygen atoms in total. The lowest BCUT2D eigenvalue weighted by Crippen LogP contribution is -2.47. The normalized spacial score (nSPS) is 15.5. The van der Waals surface area contributed by atoms with Crippen molar-refractivity contribution >= 4 is 11.8 Å². The summed E-state index contributed by atoms with van der Waals surface area (Å²) in [5.41, 5.74) is 2.24. The molecule has 0 bridgehead atoms. The molecule has 0 saturated carbocycles. The molecular weight excluding hydrogens is 326 g/mol. The highest BCUT2D eigenvalue weighted by molar-refractivity contribution is 5.52. The molecular formula is C19H31N7. The van der Waals surface area contributed by atoms with Gasteiger partial charge >= 0.3 is 0 Å². The Hall–Kier alpha value is -2.15. The lowest BCUT2D eigenvalue weighted by molar-refractivity contribution is 0.240. The maximum absolute atomic E-state index is 4.80. The predicted octanol–water partition coefficient (Wildman–Crippen LogP) is 2.09. The van der Waals surface area contributed by atoms with E-state index in [4.69, 9.17) is 4.98 Å². The predicted molar refractivity (Wildman–Crippen MR) is 106 cm³/mol. The van der Waals surface area contributed by atoms with Gasteiger partial charge in [0.1, 0.15) is 11.6 Å². The van der Waals surface area contributed by atoms with Gasteiger partial charge in [0, 0.05) is 70.5 Å². The Labute approximate surface area is 156 Å². The van der Waals surface area contributed by atoms with E-state index in [-0.39, 0.29) is 0 Å². The van der Waals surface area contributed by atoms with Gasteiger partial charge in [-0.05, 0) is 20.3 Å². The second-order valence-corrected chi connectivity index (χ2v) is 7.25. The SMILES string of the molecule is CCCn1ccnc1CN1CCN(c2nc(N(C)C)nc(C)c2C)CC1. The monoisotopic (exact) mass is 357 g/mol. The fourth-order valence-corrected chi connectivity index (χ4v) is 3.36. The Balaban J connectivity index is 1.66. The van der Waals surface area contributed by atoms with Gasteiger partial charge in [0.05, 0.1) is 6.54 Å². The summed E-state index contributed by atoms with van der Waals surface area (Å²) in [6.45, 7) is 12.4. The molecule has 7 heteroatoms. The van der Waals surface area contributed by atoms with Gasteiger partial charge in [-0.2, -0.15) is 4.98 Å². The minimum absolute atomic E-state index is 0.784. The Bertz CT molecular complexity index is 729. The molecule has 26 heavy (non-hydrogen) atoms. The van der Waals surface area contributed by atoms with E-state index in [9.17, 15) is 0 Å². The highest BCUT2D eigenvalue weighted by Crippen LogP contribution is 2.23. The van der Waals surface area contributed by atoms with Crippen LogP contribution in [0.3, 0.4) is 0 Å². The second-order valence-electron chi connectivity index (χ2n) is 7.25. The third-order valence-corrected chi connectivity index (χ3v) is 5.05. The number of rotatable bonds is 6. The summed E-state index contributed by atoms with van der Waals surface area (Å²) in [5, 5.41) is 0. The summed E-state index contributed by atoms with van der Waals surface area (Å²) >= 11 is 0. The van der Waals surface area contributed by atoms with Crippen LogP contribution in [0.2, 0.25) is 0 Å².